The van der Waals surface area contributed by atoms with Crippen LogP contribution in [0.5, 0.6) is 0 Å². The minimum Gasteiger partial charge on any atom is -0.298 e. The summed E-state index contributed by atoms with van der Waals surface area (Å²) in [6.07, 6.45) is 3.18. The van der Waals surface area contributed by atoms with Crippen molar-refractivity contribution in [2.24, 2.45) is 0 Å². The van der Waals surface area contributed by atoms with Gasteiger partial charge < -0.3 is 0 Å². The number of amides is 2. The van der Waals surface area contributed by atoms with Crippen molar-refractivity contribution in [3.63, 3.8) is 0 Å². The number of fused-ring (bicyclic) bond motifs is 1. The number of thiocarbonyl (C=S) groups is 1. The lowest BCUT2D eigenvalue weighted by Gasteiger charge is -2.27. The summed E-state index contributed by atoms with van der Waals surface area (Å²) in [4.78, 5) is 26.0. The van der Waals surface area contributed by atoms with E-state index >= 15 is 0 Å². The van der Waals surface area contributed by atoms with Gasteiger partial charge in [-0.05, 0) is 34.6 Å². The second-order valence-electron chi connectivity index (χ2n) is 5.09. The average Bonchev–Trinajstić information content (AvgIpc) is 2.55. The molecule has 2 aromatic rings. The normalized spacial score (nSPS) is 16.8. The summed E-state index contributed by atoms with van der Waals surface area (Å²) in [5.41, 5.74) is 0.879. The minimum atomic E-state index is -0.478. The van der Waals surface area contributed by atoms with E-state index in [4.69, 9.17) is 12.2 Å². The molecule has 0 saturated carbocycles. The van der Waals surface area contributed by atoms with Gasteiger partial charge in [0.05, 0.1) is 0 Å². The molecule has 0 aromatic heterocycles. The number of hydrogen-bond acceptors (Lipinski definition) is 3. The predicted octanol–water partition coefficient (Wildman–Crippen LogP) is 2.65. The van der Waals surface area contributed by atoms with Gasteiger partial charge in [0.15, 0.2) is 5.11 Å². The molecule has 2 amide bonds. The van der Waals surface area contributed by atoms with Crippen molar-refractivity contribution in [2.75, 3.05) is 6.54 Å². The molecule has 0 bridgehead atoms. The molecule has 0 unspecified atom stereocenters. The van der Waals surface area contributed by atoms with Crippen LogP contribution < -0.4 is 5.32 Å². The standard InChI is InChI=1S/C18H14N2O2S/c1-2-10-20-17(22)15(16(21)19-18(20)23)11-13-8-5-7-12-6-3-4-9-14(12)13/h2-9,11H,1,10H2,(H,19,21,23)/b15-11+. The second-order valence-corrected chi connectivity index (χ2v) is 5.48. The van der Waals surface area contributed by atoms with Crippen LogP contribution in [-0.2, 0) is 9.59 Å². The van der Waals surface area contributed by atoms with E-state index in [0.717, 1.165) is 16.3 Å². The molecule has 1 saturated heterocycles. The first-order valence-electron chi connectivity index (χ1n) is 7.09. The van der Waals surface area contributed by atoms with E-state index in [-0.39, 0.29) is 17.2 Å². The highest BCUT2D eigenvalue weighted by molar-refractivity contribution is 7.80. The molecule has 4 nitrogen and oxygen atoms in total. The van der Waals surface area contributed by atoms with Gasteiger partial charge >= 0.3 is 0 Å². The maximum atomic E-state index is 12.5. The molecule has 114 valence electrons. The van der Waals surface area contributed by atoms with Crippen LogP contribution in [0.15, 0.2) is 60.7 Å². The number of hydrogen-bond donors (Lipinski definition) is 1. The van der Waals surface area contributed by atoms with Gasteiger partial charge in [-0.2, -0.15) is 0 Å². The molecule has 1 N–H and O–H groups in total. The Morgan fingerprint density at radius 2 is 1.87 bits per heavy atom. The van der Waals surface area contributed by atoms with Crippen LogP contribution in [0, 0.1) is 0 Å². The Morgan fingerprint density at radius 1 is 1.13 bits per heavy atom. The SMILES string of the molecule is C=CCN1C(=O)/C(=C/c2cccc3ccccc23)C(=O)NC1=S. The summed E-state index contributed by atoms with van der Waals surface area (Å²) in [5.74, 6) is -0.889. The molecule has 23 heavy (non-hydrogen) atoms. The summed E-state index contributed by atoms with van der Waals surface area (Å²) < 4.78 is 0. The third kappa shape index (κ3) is 2.78. The van der Waals surface area contributed by atoms with Gasteiger partial charge in [0.1, 0.15) is 5.57 Å². The van der Waals surface area contributed by atoms with Gasteiger partial charge in [-0.15, -0.1) is 6.58 Å². The Hall–Kier alpha value is -2.79. The molecule has 1 fully saturated rings. The number of benzene rings is 2. The molecule has 3 rings (SSSR count). The van der Waals surface area contributed by atoms with E-state index < -0.39 is 11.8 Å². The number of nitrogens with zero attached hydrogens (tertiary/aromatic N) is 1. The third-order valence-corrected chi connectivity index (χ3v) is 3.94. The molecule has 0 spiro atoms. The largest absolute Gasteiger partial charge is 0.298 e. The van der Waals surface area contributed by atoms with Crippen molar-refractivity contribution in [3.8, 4) is 0 Å². The zero-order valence-electron chi connectivity index (χ0n) is 12.3. The lowest BCUT2D eigenvalue weighted by atomic mass is 10.0. The summed E-state index contributed by atoms with van der Waals surface area (Å²) in [6, 6.07) is 13.6. The third-order valence-electron chi connectivity index (χ3n) is 3.62. The fourth-order valence-corrected chi connectivity index (χ4v) is 2.77. The lowest BCUT2D eigenvalue weighted by Crippen LogP contribution is -2.53. The molecule has 5 heteroatoms. The molecule has 2 aromatic carbocycles. The van der Waals surface area contributed by atoms with Crippen LogP contribution >= 0.6 is 12.2 Å². The number of carbonyl (C=O) groups excluding carboxylic acids is 2. The van der Waals surface area contributed by atoms with Gasteiger partial charge in [-0.3, -0.25) is 19.8 Å². The van der Waals surface area contributed by atoms with E-state index in [1.165, 1.54) is 4.90 Å². The highest BCUT2D eigenvalue weighted by Crippen LogP contribution is 2.22. The smallest absolute Gasteiger partial charge is 0.265 e. The topological polar surface area (TPSA) is 49.4 Å². The van der Waals surface area contributed by atoms with Crippen molar-refractivity contribution in [1.29, 1.82) is 0 Å². The number of rotatable bonds is 3. The van der Waals surface area contributed by atoms with E-state index in [0.29, 0.717) is 0 Å². The number of nitrogens with one attached hydrogen (secondary N) is 1. The Bertz CT molecular complexity index is 865. The maximum Gasteiger partial charge on any atom is 0.265 e. The molecule has 1 heterocycles. The van der Waals surface area contributed by atoms with Gasteiger partial charge in [0.2, 0.25) is 0 Å². The first-order chi connectivity index (χ1) is 11.1. The van der Waals surface area contributed by atoms with E-state index in [1.807, 2.05) is 42.5 Å². The summed E-state index contributed by atoms with van der Waals surface area (Å²) >= 11 is 5.04. The van der Waals surface area contributed by atoms with E-state index in [9.17, 15) is 9.59 Å². The first kappa shape index (κ1) is 15.1. The molecular weight excluding hydrogens is 308 g/mol. The molecule has 1 aliphatic rings. The Morgan fingerprint density at radius 3 is 2.65 bits per heavy atom. The summed E-state index contributed by atoms with van der Waals surface area (Å²) in [6.45, 7) is 3.86. The molecule has 0 radical (unpaired) electrons. The van der Waals surface area contributed by atoms with Crippen LogP contribution in [0.25, 0.3) is 16.8 Å². The molecular formula is C18H14N2O2S. The monoisotopic (exact) mass is 322 g/mol. The van der Waals surface area contributed by atoms with Crippen LogP contribution in [0.1, 0.15) is 5.56 Å². The van der Waals surface area contributed by atoms with Crippen molar-refractivity contribution in [3.05, 3.63) is 66.3 Å². The van der Waals surface area contributed by atoms with Gasteiger partial charge in [0, 0.05) is 6.54 Å². The van der Waals surface area contributed by atoms with Crippen LogP contribution in [-0.4, -0.2) is 28.4 Å². The van der Waals surface area contributed by atoms with Crippen LogP contribution in [0.4, 0.5) is 0 Å². The maximum absolute atomic E-state index is 12.5. The zero-order valence-corrected chi connectivity index (χ0v) is 13.1. The van der Waals surface area contributed by atoms with Crippen LogP contribution in [0.3, 0.4) is 0 Å². The van der Waals surface area contributed by atoms with Crippen molar-refractivity contribution in [1.82, 2.24) is 10.2 Å². The Labute approximate surface area is 139 Å². The molecule has 1 aliphatic heterocycles. The lowest BCUT2D eigenvalue weighted by molar-refractivity contribution is -0.128. The van der Waals surface area contributed by atoms with Gasteiger partial charge in [0.25, 0.3) is 11.8 Å². The second kappa shape index (κ2) is 6.14. The Balaban J connectivity index is 2.09. The van der Waals surface area contributed by atoms with Crippen molar-refractivity contribution in [2.45, 2.75) is 0 Å². The number of carbonyl (C=O) groups is 2. The Kier molecular flexibility index (Phi) is 4.04. The highest BCUT2D eigenvalue weighted by Gasteiger charge is 2.32. The zero-order chi connectivity index (χ0) is 16.4. The van der Waals surface area contributed by atoms with Crippen LogP contribution in [0.2, 0.25) is 0 Å². The minimum absolute atomic E-state index is 0.0665. The van der Waals surface area contributed by atoms with Gasteiger partial charge in [-0.25, -0.2) is 0 Å². The molecule has 0 atom stereocenters. The van der Waals surface area contributed by atoms with Crippen molar-refractivity contribution >= 4 is 46.0 Å². The average molecular weight is 322 g/mol. The van der Waals surface area contributed by atoms with E-state index in [1.54, 1.807) is 12.2 Å². The quantitative estimate of drug-likeness (QED) is 0.409. The highest BCUT2D eigenvalue weighted by atomic mass is 32.1. The summed E-state index contributed by atoms with van der Waals surface area (Å²) in [7, 11) is 0. The van der Waals surface area contributed by atoms with Gasteiger partial charge in [-0.1, -0.05) is 48.5 Å². The fraction of sp³-hybridized carbons (Fsp3) is 0.0556. The molecule has 0 aliphatic carbocycles. The first-order valence-corrected chi connectivity index (χ1v) is 7.50. The fourth-order valence-electron chi connectivity index (χ4n) is 2.52. The predicted molar refractivity (Wildman–Crippen MR) is 94.6 cm³/mol. The van der Waals surface area contributed by atoms with E-state index in [2.05, 4.69) is 11.9 Å². The van der Waals surface area contributed by atoms with Crippen molar-refractivity contribution < 1.29 is 9.59 Å². The summed E-state index contributed by atoms with van der Waals surface area (Å²) in [5, 5.41) is 4.67.